The minimum atomic E-state index is -0.796. The van der Waals surface area contributed by atoms with Gasteiger partial charge in [-0.05, 0) is 128 Å². The second-order valence-electron chi connectivity index (χ2n) is 21.6. The molecule has 0 heterocycles. The average Bonchev–Trinajstić information content (AvgIpc) is 3.45. The average molecular weight is 1100 g/mol. The van der Waals surface area contributed by atoms with E-state index in [2.05, 4.69) is 142 Å². The molecule has 0 bridgehead atoms. The van der Waals surface area contributed by atoms with Crippen molar-refractivity contribution < 1.29 is 28.6 Å². The van der Waals surface area contributed by atoms with Crippen molar-refractivity contribution in [2.45, 2.75) is 309 Å². The van der Waals surface area contributed by atoms with E-state index in [0.29, 0.717) is 19.3 Å². The van der Waals surface area contributed by atoms with E-state index in [9.17, 15) is 14.4 Å². The zero-order valence-corrected chi connectivity index (χ0v) is 51.6. The highest BCUT2D eigenvalue weighted by Gasteiger charge is 2.19. The summed E-state index contributed by atoms with van der Waals surface area (Å²) >= 11 is 0. The Morgan fingerprint density at radius 1 is 0.266 bits per heavy atom. The van der Waals surface area contributed by atoms with E-state index in [0.717, 1.165) is 148 Å². The molecule has 0 aliphatic heterocycles. The molecule has 0 rings (SSSR count). The minimum Gasteiger partial charge on any atom is -0.462 e. The lowest BCUT2D eigenvalue weighted by atomic mass is 10.0. The summed E-state index contributed by atoms with van der Waals surface area (Å²) in [5.41, 5.74) is 0. The summed E-state index contributed by atoms with van der Waals surface area (Å²) in [6.07, 6.45) is 92.1. The summed E-state index contributed by atoms with van der Waals surface area (Å²) in [6, 6.07) is 0. The van der Waals surface area contributed by atoms with Gasteiger partial charge in [-0.1, -0.05) is 277 Å². The van der Waals surface area contributed by atoms with E-state index in [1.54, 1.807) is 0 Å². The van der Waals surface area contributed by atoms with Crippen molar-refractivity contribution in [3.63, 3.8) is 0 Å². The van der Waals surface area contributed by atoms with Crippen molar-refractivity contribution in [3.05, 3.63) is 122 Å². The molecule has 0 aromatic rings. The molecule has 450 valence electrons. The normalized spacial score (nSPS) is 12.9. The Morgan fingerprint density at radius 3 is 0.772 bits per heavy atom. The first kappa shape index (κ1) is 74.8. The Labute approximate surface area is 488 Å². The molecule has 6 heteroatoms. The van der Waals surface area contributed by atoms with Crippen molar-refractivity contribution >= 4 is 17.9 Å². The molecule has 79 heavy (non-hydrogen) atoms. The van der Waals surface area contributed by atoms with Crippen molar-refractivity contribution in [3.8, 4) is 0 Å². The number of hydrogen-bond acceptors (Lipinski definition) is 6. The third kappa shape index (κ3) is 64.5. The molecule has 1 unspecified atom stereocenters. The second kappa shape index (κ2) is 66.3. The third-order valence-electron chi connectivity index (χ3n) is 13.9. The van der Waals surface area contributed by atoms with E-state index < -0.39 is 6.10 Å². The fraction of sp³-hybridized carbons (Fsp3) is 0.685. The predicted octanol–water partition coefficient (Wildman–Crippen LogP) is 22.8. The summed E-state index contributed by atoms with van der Waals surface area (Å²) in [4.78, 5) is 38.4. The maximum absolute atomic E-state index is 12.9. The zero-order valence-electron chi connectivity index (χ0n) is 51.6. The molecule has 0 aromatic carbocycles. The molecule has 0 aliphatic carbocycles. The molecule has 0 saturated heterocycles. The fourth-order valence-electron chi connectivity index (χ4n) is 9.04. The SMILES string of the molecule is CC/C=C\C/C=C\C/C=C\C/C=C\CCCCCCCCCCCCCCCCC(=O)OCC(COC(=O)CCCCCCC/C=C\C/C=C\CCCCC)OC(=O)CCCCCCCC/C=C\C/C=C\C/C=C\C/C=C\CC. The molecule has 0 aromatic heterocycles. The van der Waals surface area contributed by atoms with Crippen molar-refractivity contribution in [2.24, 2.45) is 0 Å². The number of hydrogen-bond donors (Lipinski definition) is 0. The van der Waals surface area contributed by atoms with Crippen LogP contribution in [0.2, 0.25) is 0 Å². The van der Waals surface area contributed by atoms with Crippen LogP contribution in [-0.4, -0.2) is 37.2 Å². The van der Waals surface area contributed by atoms with E-state index in [1.807, 2.05) is 0 Å². The summed E-state index contributed by atoms with van der Waals surface area (Å²) in [5.74, 6) is -0.911. The smallest absolute Gasteiger partial charge is 0.306 e. The lowest BCUT2D eigenvalue weighted by Gasteiger charge is -2.18. The van der Waals surface area contributed by atoms with Crippen LogP contribution in [0, 0.1) is 0 Å². The minimum absolute atomic E-state index is 0.0898. The lowest BCUT2D eigenvalue weighted by molar-refractivity contribution is -0.167. The van der Waals surface area contributed by atoms with E-state index >= 15 is 0 Å². The summed E-state index contributed by atoms with van der Waals surface area (Å²) in [6.45, 7) is 6.39. The fourth-order valence-corrected chi connectivity index (χ4v) is 9.04. The molecule has 0 amide bonds. The van der Waals surface area contributed by atoms with Gasteiger partial charge in [-0.15, -0.1) is 0 Å². The Morgan fingerprint density at radius 2 is 0.494 bits per heavy atom. The number of carbonyl (C=O) groups is 3. The second-order valence-corrected chi connectivity index (χ2v) is 21.6. The maximum atomic E-state index is 12.9. The number of ether oxygens (including phenoxy) is 3. The molecule has 0 radical (unpaired) electrons. The van der Waals surface area contributed by atoms with E-state index in [4.69, 9.17) is 14.2 Å². The highest BCUT2D eigenvalue weighted by atomic mass is 16.6. The first-order valence-electron chi connectivity index (χ1n) is 33.0. The van der Waals surface area contributed by atoms with Crippen LogP contribution in [0.4, 0.5) is 0 Å². The van der Waals surface area contributed by atoms with Gasteiger partial charge in [0.1, 0.15) is 13.2 Å². The number of rotatable bonds is 59. The van der Waals surface area contributed by atoms with Gasteiger partial charge in [-0.25, -0.2) is 0 Å². The van der Waals surface area contributed by atoms with Gasteiger partial charge < -0.3 is 14.2 Å². The first-order valence-corrected chi connectivity index (χ1v) is 33.0. The Balaban J connectivity index is 4.35. The summed E-state index contributed by atoms with van der Waals surface area (Å²) in [5, 5.41) is 0. The van der Waals surface area contributed by atoms with Crippen LogP contribution in [0.15, 0.2) is 122 Å². The van der Waals surface area contributed by atoms with Crippen LogP contribution in [0.3, 0.4) is 0 Å². The maximum Gasteiger partial charge on any atom is 0.306 e. The molecule has 0 spiro atoms. The highest BCUT2D eigenvalue weighted by Crippen LogP contribution is 2.16. The van der Waals surface area contributed by atoms with Crippen molar-refractivity contribution in [1.29, 1.82) is 0 Å². The quantitative estimate of drug-likeness (QED) is 0.0261. The standard InChI is InChI=1S/C73H122O6/c1-4-7-10-13-16-19-22-25-28-30-32-33-34-35-36-37-38-39-41-42-45-48-51-54-57-60-63-66-72(75)78-69-70(68-77-71(74)65-62-59-56-53-50-47-44-27-24-21-18-15-12-9-6-3)79-73(76)67-64-61-58-55-52-49-46-43-40-31-29-26-23-20-17-14-11-8-5-2/h7-8,10-11,16-21,25-29,32-33,40,43-44,70H,4-6,9,12-15,22-24,30-31,34-39,41-42,45-69H2,1-3H3/b10-7-,11-8-,19-16-,20-17-,21-18-,28-25-,29-26-,33-32-,43-40-,44-27-. The van der Waals surface area contributed by atoms with Crippen LogP contribution >= 0.6 is 0 Å². The van der Waals surface area contributed by atoms with Crippen LogP contribution in [-0.2, 0) is 28.6 Å². The van der Waals surface area contributed by atoms with Crippen LogP contribution < -0.4 is 0 Å². The predicted molar refractivity (Wildman–Crippen MR) is 343 cm³/mol. The Bertz CT molecular complexity index is 1640. The van der Waals surface area contributed by atoms with E-state index in [1.165, 1.54) is 116 Å². The number of allylic oxidation sites excluding steroid dienone is 20. The third-order valence-corrected chi connectivity index (χ3v) is 13.9. The first-order chi connectivity index (χ1) is 39.0. The molecule has 0 saturated carbocycles. The van der Waals surface area contributed by atoms with Crippen LogP contribution in [0.5, 0.6) is 0 Å². The van der Waals surface area contributed by atoms with Gasteiger partial charge in [0, 0.05) is 19.3 Å². The Hall–Kier alpha value is -4.19. The van der Waals surface area contributed by atoms with Gasteiger partial charge in [0.15, 0.2) is 6.10 Å². The van der Waals surface area contributed by atoms with Gasteiger partial charge >= 0.3 is 17.9 Å². The topological polar surface area (TPSA) is 78.9 Å². The van der Waals surface area contributed by atoms with Gasteiger partial charge in [0.2, 0.25) is 0 Å². The van der Waals surface area contributed by atoms with Gasteiger partial charge in [-0.3, -0.25) is 14.4 Å². The number of carbonyl (C=O) groups excluding carboxylic acids is 3. The van der Waals surface area contributed by atoms with Crippen molar-refractivity contribution in [2.75, 3.05) is 13.2 Å². The van der Waals surface area contributed by atoms with E-state index in [-0.39, 0.29) is 31.1 Å². The number of unbranched alkanes of at least 4 members (excludes halogenated alkanes) is 28. The van der Waals surface area contributed by atoms with Gasteiger partial charge in [-0.2, -0.15) is 0 Å². The molecule has 0 aliphatic rings. The molecule has 0 N–H and O–H groups in total. The highest BCUT2D eigenvalue weighted by molar-refractivity contribution is 5.71. The molecular formula is C73H122O6. The molecular weight excluding hydrogens is 973 g/mol. The van der Waals surface area contributed by atoms with Gasteiger partial charge in [0.05, 0.1) is 0 Å². The molecule has 0 fully saturated rings. The van der Waals surface area contributed by atoms with Crippen LogP contribution in [0.1, 0.15) is 303 Å². The molecule has 6 nitrogen and oxygen atoms in total. The van der Waals surface area contributed by atoms with Gasteiger partial charge in [0.25, 0.3) is 0 Å². The molecule has 1 atom stereocenters. The van der Waals surface area contributed by atoms with Crippen molar-refractivity contribution in [1.82, 2.24) is 0 Å². The Kier molecular flexibility index (Phi) is 62.8. The monoisotopic (exact) mass is 1090 g/mol. The number of esters is 3. The lowest BCUT2D eigenvalue weighted by Crippen LogP contribution is -2.30. The summed E-state index contributed by atoms with van der Waals surface area (Å²) in [7, 11) is 0. The van der Waals surface area contributed by atoms with Crippen LogP contribution in [0.25, 0.3) is 0 Å². The largest absolute Gasteiger partial charge is 0.462 e. The summed E-state index contributed by atoms with van der Waals surface area (Å²) < 4.78 is 16.9. The zero-order chi connectivity index (χ0) is 57.1.